The molecule has 0 aliphatic heterocycles. The molecular formula is C12H21FO3. The number of hydrogen-bond acceptors (Lipinski definition) is 3. The van der Waals surface area contributed by atoms with Gasteiger partial charge in [-0.15, -0.1) is 0 Å². The number of carbonyl (C=O) groups is 1. The lowest BCUT2D eigenvalue weighted by Gasteiger charge is -2.24. The maximum atomic E-state index is 13.4. The molecular weight excluding hydrogens is 211 g/mol. The Balaban J connectivity index is 2.32. The SMILES string of the molecule is CCOC(=O)C(F)C(O)CC1CCCCC1. The molecule has 0 spiro atoms. The van der Waals surface area contributed by atoms with Crippen LogP contribution in [0.4, 0.5) is 4.39 Å². The van der Waals surface area contributed by atoms with E-state index in [-0.39, 0.29) is 6.61 Å². The van der Waals surface area contributed by atoms with Gasteiger partial charge in [0.1, 0.15) is 0 Å². The Hall–Kier alpha value is -0.640. The monoisotopic (exact) mass is 232 g/mol. The number of alkyl halides is 1. The van der Waals surface area contributed by atoms with Crippen LogP contribution in [0.25, 0.3) is 0 Å². The summed E-state index contributed by atoms with van der Waals surface area (Å²) in [6.45, 7) is 1.77. The van der Waals surface area contributed by atoms with Gasteiger partial charge < -0.3 is 9.84 Å². The highest BCUT2D eigenvalue weighted by Crippen LogP contribution is 2.28. The minimum Gasteiger partial charge on any atom is -0.464 e. The molecule has 0 aromatic carbocycles. The fraction of sp³-hybridized carbons (Fsp3) is 0.917. The van der Waals surface area contributed by atoms with Gasteiger partial charge >= 0.3 is 5.97 Å². The van der Waals surface area contributed by atoms with E-state index in [1.54, 1.807) is 6.92 Å². The zero-order chi connectivity index (χ0) is 12.0. The number of halogens is 1. The summed E-state index contributed by atoms with van der Waals surface area (Å²) in [6.07, 6.45) is 2.87. The summed E-state index contributed by atoms with van der Waals surface area (Å²) in [5.74, 6) is -0.581. The van der Waals surface area contributed by atoms with Crippen molar-refractivity contribution in [3.8, 4) is 0 Å². The van der Waals surface area contributed by atoms with Crippen molar-refractivity contribution >= 4 is 5.97 Å². The van der Waals surface area contributed by atoms with Crippen LogP contribution in [0.1, 0.15) is 45.4 Å². The van der Waals surface area contributed by atoms with Crippen LogP contribution in [0, 0.1) is 5.92 Å². The molecule has 0 amide bonds. The van der Waals surface area contributed by atoms with Gasteiger partial charge in [0.05, 0.1) is 12.7 Å². The fourth-order valence-electron chi connectivity index (χ4n) is 2.26. The number of esters is 1. The first-order chi connectivity index (χ1) is 7.65. The van der Waals surface area contributed by atoms with E-state index in [0.29, 0.717) is 12.3 Å². The zero-order valence-corrected chi connectivity index (χ0v) is 9.82. The van der Waals surface area contributed by atoms with E-state index in [1.807, 2.05) is 0 Å². The van der Waals surface area contributed by atoms with Crippen molar-refractivity contribution in [1.82, 2.24) is 0 Å². The molecule has 0 aromatic heterocycles. The quantitative estimate of drug-likeness (QED) is 0.739. The molecule has 0 radical (unpaired) electrons. The molecule has 2 unspecified atom stereocenters. The Labute approximate surface area is 96.0 Å². The summed E-state index contributed by atoms with van der Waals surface area (Å²) in [5, 5.41) is 9.59. The third-order valence-electron chi connectivity index (χ3n) is 3.15. The predicted octanol–water partition coefficient (Wildman–Crippen LogP) is 2.22. The molecule has 1 N–H and O–H groups in total. The van der Waals surface area contributed by atoms with E-state index in [4.69, 9.17) is 0 Å². The maximum Gasteiger partial charge on any atom is 0.343 e. The molecule has 1 aliphatic rings. The molecule has 0 heterocycles. The second kappa shape index (κ2) is 6.84. The van der Waals surface area contributed by atoms with Crippen LogP contribution in [0.3, 0.4) is 0 Å². The smallest absolute Gasteiger partial charge is 0.343 e. The van der Waals surface area contributed by atoms with Crippen LogP contribution in [0.15, 0.2) is 0 Å². The van der Waals surface area contributed by atoms with Crippen molar-refractivity contribution in [3.63, 3.8) is 0 Å². The summed E-state index contributed by atoms with van der Waals surface area (Å²) in [6, 6.07) is 0. The summed E-state index contributed by atoms with van der Waals surface area (Å²) in [7, 11) is 0. The summed E-state index contributed by atoms with van der Waals surface area (Å²) < 4.78 is 17.9. The van der Waals surface area contributed by atoms with Crippen LogP contribution in [0.5, 0.6) is 0 Å². The van der Waals surface area contributed by atoms with Crippen molar-refractivity contribution in [1.29, 1.82) is 0 Å². The van der Waals surface area contributed by atoms with E-state index in [2.05, 4.69) is 4.74 Å². The molecule has 2 atom stereocenters. The molecule has 0 bridgehead atoms. The first-order valence-corrected chi connectivity index (χ1v) is 6.14. The second-order valence-corrected chi connectivity index (χ2v) is 4.46. The van der Waals surface area contributed by atoms with Gasteiger partial charge in [-0.05, 0) is 19.3 Å². The summed E-state index contributed by atoms with van der Waals surface area (Å²) in [4.78, 5) is 11.1. The van der Waals surface area contributed by atoms with Crippen LogP contribution in [0.2, 0.25) is 0 Å². The molecule has 0 aromatic rings. The van der Waals surface area contributed by atoms with Crippen molar-refractivity contribution in [2.75, 3.05) is 6.61 Å². The van der Waals surface area contributed by atoms with Crippen molar-refractivity contribution in [3.05, 3.63) is 0 Å². The van der Waals surface area contributed by atoms with Gasteiger partial charge in [0.25, 0.3) is 0 Å². The van der Waals surface area contributed by atoms with Crippen LogP contribution >= 0.6 is 0 Å². The lowest BCUT2D eigenvalue weighted by molar-refractivity contribution is -0.154. The van der Waals surface area contributed by atoms with Crippen LogP contribution < -0.4 is 0 Å². The van der Waals surface area contributed by atoms with Crippen LogP contribution in [-0.2, 0) is 9.53 Å². The fourth-order valence-corrected chi connectivity index (χ4v) is 2.26. The Morgan fingerprint density at radius 3 is 2.62 bits per heavy atom. The van der Waals surface area contributed by atoms with E-state index in [1.165, 1.54) is 6.42 Å². The molecule has 0 saturated heterocycles. The van der Waals surface area contributed by atoms with E-state index in [0.717, 1.165) is 25.7 Å². The van der Waals surface area contributed by atoms with Gasteiger partial charge in [0, 0.05) is 0 Å². The van der Waals surface area contributed by atoms with Crippen molar-refractivity contribution < 1.29 is 19.0 Å². The maximum absolute atomic E-state index is 13.4. The second-order valence-electron chi connectivity index (χ2n) is 4.46. The van der Waals surface area contributed by atoms with Gasteiger partial charge in [-0.2, -0.15) is 0 Å². The standard InChI is InChI=1S/C12H21FO3/c1-2-16-12(15)11(13)10(14)8-9-6-4-3-5-7-9/h9-11,14H,2-8H2,1H3. The van der Waals surface area contributed by atoms with Crippen LogP contribution in [-0.4, -0.2) is 30.0 Å². The average molecular weight is 232 g/mol. The molecule has 1 aliphatic carbocycles. The summed E-state index contributed by atoms with van der Waals surface area (Å²) >= 11 is 0. The third kappa shape index (κ3) is 4.08. The van der Waals surface area contributed by atoms with Crippen molar-refractivity contribution in [2.24, 2.45) is 5.92 Å². The van der Waals surface area contributed by atoms with Gasteiger partial charge in [0.2, 0.25) is 6.17 Å². The highest BCUT2D eigenvalue weighted by atomic mass is 19.1. The number of ether oxygens (including phenoxy) is 1. The number of rotatable bonds is 5. The molecule has 3 nitrogen and oxygen atoms in total. The zero-order valence-electron chi connectivity index (χ0n) is 9.82. The van der Waals surface area contributed by atoms with E-state index in [9.17, 15) is 14.3 Å². The highest BCUT2D eigenvalue weighted by Gasteiger charge is 2.30. The Kier molecular flexibility index (Phi) is 5.74. The van der Waals surface area contributed by atoms with Gasteiger partial charge in [-0.25, -0.2) is 9.18 Å². The Bertz CT molecular complexity index is 214. The normalized spacial score (nSPS) is 21.4. The van der Waals surface area contributed by atoms with Gasteiger partial charge in [-0.1, -0.05) is 32.1 Å². The molecule has 94 valence electrons. The number of aliphatic hydroxyl groups excluding tert-OH is 1. The summed E-state index contributed by atoms with van der Waals surface area (Å²) in [5.41, 5.74) is 0. The minimum absolute atomic E-state index is 0.148. The average Bonchev–Trinajstić information content (AvgIpc) is 2.29. The third-order valence-corrected chi connectivity index (χ3v) is 3.15. The van der Waals surface area contributed by atoms with E-state index < -0.39 is 18.2 Å². The lowest BCUT2D eigenvalue weighted by Crippen LogP contribution is -2.33. The number of aliphatic hydroxyl groups is 1. The largest absolute Gasteiger partial charge is 0.464 e. The van der Waals surface area contributed by atoms with E-state index >= 15 is 0 Å². The minimum atomic E-state index is -1.89. The topological polar surface area (TPSA) is 46.5 Å². The predicted molar refractivity (Wildman–Crippen MR) is 58.7 cm³/mol. The lowest BCUT2D eigenvalue weighted by atomic mass is 9.85. The first-order valence-electron chi connectivity index (χ1n) is 6.14. The van der Waals surface area contributed by atoms with Gasteiger partial charge in [0.15, 0.2) is 0 Å². The molecule has 1 rings (SSSR count). The number of carbonyl (C=O) groups excluding carboxylic acids is 1. The Morgan fingerprint density at radius 2 is 2.06 bits per heavy atom. The molecule has 1 saturated carbocycles. The van der Waals surface area contributed by atoms with Gasteiger partial charge in [-0.3, -0.25) is 0 Å². The molecule has 4 heteroatoms. The number of hydrogen-bond donors (Lipinski definition) is 1. The molecule has 1 fully saturated rings. The van der Waals surface area contributed by atoms with Crippen molar-refractivity contribution in [2.45, 2.75) is 57.7 Å². The molecule has 16 heavy (non-hydrogen) atoms. The first kappa shape index (κ1) is 13.4. The Morgan fingerprint density at radius 1 is 1.44 bits per heavy atom. The highest BCUT2D eigenvalue weighted by molar-refractivity contribution is 5.75.